The number of amides is 1. The molecule has 1 amide bonds. The van der Waals surface area contributed by atoms with Crippen molar-refractivity contribution in [1.29, 1.82) is 0 Å². The highest BCUT2D eigenvalue weighted by Gasteiger charge is 2.15. The van der Waals surface area contributed by atoms with Crippen LogP contribution in [-0.4, -0.2) is 31.6 Å². The van der Waals surface area contributed by atoms with Crippen molar-refractivity contribution < 1.29 is 9.53 Å². The molecule has 1 aliphatic rings. The topological polar surface area (TPSA) is 50.4 Å². The highest BCUT2D eigenvalue weighted by Crippen LogP contribution is 2.14. The zero-order chi connectivity index (χ0) is 15.1. The summed E-state index contributed by atoms with van der Waals surface area (Å²) in [5.41, 5.74) is 1.03. The van der Waals surface area contributed by atoms with E-state index in [2.05, 4.69) is 24.5 Å². The normalized spacial score (nSPS) is 15.2. The molecule has 22 heavy (non-hydrogen) atoms. The Bertz CT molecular complexity index is 442. The Morgan fingerprint density at radius 2 is 1.91 bits per heavy atom. The molecule has 0 atom stereocenters. The monoisotopic (exact) mass is 326 g/mol. The zero-order valence-corrected chi connectivity index (χ0v) is 14.2. The van der Waals surface area contributed by atoms with Crippen molar-refractivity contribution in [3.63, 3.8) is 0 Å². The van der Waals surface area contributed by atoms with Gasteiger partial charge in [0.1, 0.15) is 5.75 Å². The van der Waals surface area contributed by atoms with E-state index in [0.29, 0.717) is 18.4 Å². The first-order valence-electron chi connectivity index (χ1n) is 7.85. The lowest BCUT2D eigenvalue weighted by atomic mass is 10.1. The highest BCUT2D eigenvalue weighted by atomic mass is 35.5. The van der Waals surface area contributed by atoms with Crippen molar-refractivity contribution in [3.8, 4) is 5.75 Å². The van der Waals surface area contributed by atoms with E-state index >= 15 is 0 Å². The summed E-state index contributed by atoms with van der Waals surface area (Å²) in [6, 6.07) is 8.15. The summed E-state index contributed by atoms with van der Waals surface area (Å²) in [6.07, 6.45) is 2.48. The Balaban J connectivity index is 0.00000242. The highest BCUT2D eigenvalue weighted by molar-refractivity contribution is 5.85. The summed E-state index contributed by atoms with van der Waals surface area (Å²) in [6.45, 7) is 6.95. The van der Waals surface area contributed by atoms with Gasteiger partial charge < -0.3 is 15.4 Å². The molecule has 5 heteroatoms. The Kier molecular flexibility index (Phi) is 8.28. The molecule has 0 radical (unpaired) electrons. The van der Waals surface area contributed by atoms with Gasteiger partial charge in [0.2, 0.25) is 5.91 Å². The van der Waals surface area contributed by atoms with Crippen molar-refractivity contribution in [2.75, 3.05) is 19.7 Å². The second-order valence-corrected chi connectivity index (χ2v) is 6.12. The molecule has 1 aromatic rings. The second kappa shape index (κ2) is 9.70. The molecule has 1 fully saturated rings. The van der Waals surface area contributed by atoms with Gasteiger partial charge in [0.05, 0.1) is 13.0 Å². The predicted octanol–water partition coefficient (Wildman–Crippen LogP) is 2.55. The average molecular weight is 327 g/mol. The number of benzene rings is 1. The molecule has 0 aliphatic carbocycles. The van der Waals surface area contributed by atoms with Gasteiger partial charge in [-0.15, -0.1) is 12.4 Å². The van der Waals surface area contributed by atoms with E-state index in [1.54, 1.807) is 0 Å². The SMILES string of the molecule is CC(C)COc1ccc(CC(=O)NC2CCNCC2)cc1.Cl. The van der Waals surface area contributed by atoms with E-state index in [0.717, 1.165) is 43.9 Å². The third-order valence-corrected chi connectivity index (χ3v) is 3.58. The summed E-state index contributed by atoms with van der Waals surface area (Å²) in [5.74, 6) is 1.49. The Morgan fingerprint density at radius 3 is 2.50 bits per heavy atom. The first kappa shape index (κ1) is 18.8. The number of rotatable bonds is 6. The van der Waals surface area contributed by atoms with Gasteiger partial charge in [-0.05, 0) is 49.5 Å². The maximum Gasteiger partial charge on any atom is 0.224 e. The molecule has 0 spiro atoms. The maximum absolute atomic E-state index is 12.0. The van der Waals surface area contributed by atoms with Gasteiger partial charge >= 0.3 is 0 Å². The van der Waals surface area contributed by atoms with Crippen LogP contribution in [0.5, 0.6) is 5.75 Å². The third kappa shape index (κ3) is 6.67. The average Bonchev–Trinajstić information content (AvgIpc) is 2.47. The number of nitrogens with one attached hydrogen (secondary N) is 2. The summed E-state index contributed by atoms with van der Waals surface area (Å²) >= 11 is 0. The van der Waals surface area contributed by atoms with Crippen molar-refractivity contribution in [1.82, 2.24) is 10.6 Å². The Hall–Kier alpha value is -1.26. The van der Waals surface area contributed by atoms with E-state index < -0.39 is 0 Å². The smallest absolute Gasteiger partial charge is 0.224 e. The van der Waals surface area contributed by atoms with Crippen molar-refractivity contribution in [2.45, 2.75) is 39.2 Å². The molecule has 0 aromatic heterocycles. The van der Waals surface area contributed by atoms with E-state index in [9.17, 15) is 4.79 Å². The Labute approximate surface area is 139 Å². The largest absolute Gasteiger partial charge is 0.493 e. The van der Waals surface area contributed by atoms with Gasteiger partial charge in [0.25, 0.3) is 0 Å². The van der Waals surface area contributed by atoms with Crippen molar-refractivity contribution >= 4 is 18.3 Å². The number of carbonyl (C=O) groups excluding carboxylic acids is 1. The molecular formula is C17H27ClN2O2. The van der Waals surface area contributed by atoms with Gasteiger partial charge in [0, 0.05) is 6.04 Å². The lowest BCUT2D eigenvalue weighted by Gasteiger charge is -2.23. The summed E-state index contributed by atoms with van der Waals surface area (Å²) < 4.78 is 5.64. The van der Waals surface area contributed by atoms with Gasteiger partial charge in [0.15, 0.2) is 0 Å². The van der Waals surface area contributed by atoms with E-state index in [-0.39, 0.29) is 18.3 Å². The van der Waals surface area contributed by atoms with Crippen LogP contribution in [0.2, 0.25) is 0 Å². The maximum atomic E-state index is 12.0. The van der Waals surface area contributed by atoms with Crippen LogP contribution >= 0.6 is 12.4 Å². The molecule has 0 unspecified atom stereocenters. The lowest BCUT2D eigenvalue weighted by molar-refractivity contribution is -0.121. The molecule has 1 aliphatic heterocycles. The van der Waals surface area contributed by atoms with Crippen LogP contribution in [0.4, 0.5) is 0 Å². The fourth-order valence-electron chi connectivity index (χ4n) is 2.40. The standard InChI is InChI=1S/C17H26N2O2.ClH/c1-13(2)12-21-16-5-3-14(4-6-16)11-17(20)19-15-7-9-18-10-8-15;/h3-6,13,15,18H,7-12H2,1-2H3,(H,19,20);1H. The molecule has 0 saturated carbocycles. The zero-order valence-electron chi connectivity index (χ0n) is 13.4. The summed E-state index contributed by atoms with van der Waals surface area (Å²) in [5, 5.41) is 6.41. The van der Waals surface area contributed by atoms with E-state index in [1.165, 1.54) is 0 Å². The number of hydrogen-bond acceptors (Lipinski definition) is 3. The lowest BCUT2D eigenvalue weighted by Crippen LogP contribution is -2.43. The van der Waals surface area contributed by atoms with Crippen LogP contribution in [0.3, 0.4) is 0 Å². The molecule has 1 saturated heterocycles. The Morgan fingerprint density at radius 1 is 1.27 bits per heavy atom. The molecule has 2 rings (SSSR count). The quantitative estimate of drug-likeness (QED) is 0.844. The van der Waals surface area contributed by atoms with E-state index in [4.69, 9.17) is 4.74 Å². The van der Waals surface area contributed by atoms with Crippen LogP contribution in [0, 0.1) is 5.92 Å². The number of ether oxygens (including phenoxy) is 1. The minimum atomic E-state index is 0. The molecule has 0 bridgehead atoms. The number of halogens is 1. The number of carbonyl (C=O) groups is 1. The minimum Gasteiger partial charge on any atom is -0.493 e. The second-order valence-electron chi connectivity index (χ2n) is 6.12. The first-order valence-corrected chi connectivity index (χ1v) is 7.85. The fourth-order valence-corrected chi connectivity index (χ4v) is 2.40. The molecule has 2 N–H and O–H groups in total. The summed E-state index contributed by atoms with van der Waals surface area (Å²) in [4.78, 5) is 12.0. The van der Waals surface area contributed by atoms with Gasteiger partial charge in [-0.1, -0.05) is 26.0 Å². The van der Waals surface area contributed by atoms with Gasteiger partial charge in [-0.2, -0.15) is 0 Å². The molecular weight excluding hydrogens is 300 g/mol. The van der Waals surface area contributed by atoms with Crippen molar-refractivity contribution in [2.24, 2.45) is 5.92 Å². The minimum absolute atomic E-state index is 0. The first-order chi connectivity index (χ1) is 10.1. The van der Waals surface area contributed by atoms with Crippen LogP contribution in [-0.2, 0) is 11.2 Å². The molecule has 1 heterocycles. The van der Waals surface area contributed by atoms with Crippen molar-refractivity contribution in [3.05, 3.63) is 29.8 Å². The van der Waals surface area contributed by atoms with Crippen LogP contribution in [0.25, 0.3) is 0 Å². The molecule has 1 aromatic carbocycles. The summed E-state index contributed by atoms with van der Waals surface area (Å²) in [7, 11) is 0. The van der Waals surface area contributed by atoms with Gasteiger partial charge in [-0.3, -0.25) is 4.79 Å². The number of hydrogen-bond donors (Lipinski definition) is 2. The predicted molar refractivity (Wildman–Crippen MR) is 91.8 cm³/mol. The molecule has 4 nitrogen and oxygen atoms in total. The van der Waals surface area contributed by atoms with Crippen LogP contribution < -0.4 is 15.4 Å². The third-order valence-electron chi connectivity index (χ3n) is 3.58. The van der Waals surface area contributed by atoms with E-state index in [1.807, 2.05) is 24.3 Å². The van der Waals surface area contributed by atoms with Gasteiger partial charge in [-0.25, -0.2) is 0 Å². The molecule has 124 valence electrons. The van der Waals surface area contributed by atoms with Crippen LogP contribution in [0.15, 0.2) is 24.3 Å². The fraction of sp³-hybridized carbons (Fsp3) is 0.588. The van der Waals surface area contributed by atoms with Crippen LogP contribution in [0.1, 0.15) is 32.3 Å². The number of piperidine rings is 1.